The fourth-order valence-corrected chi connectivity index (χ4v) is 3.77. The first-order valence-electron chi connectivity index (χ1n) is 6.70. The molecule has 2 aliphatic rings. The van der Waals surface area contributed by atoms with E-state index in [1.807, 2.05) is 11.9 Å². The van der Waals surface area contributed by atoms with Crippen LogP contribution in [-0.4, -0.2) is 41.4 Å². The summed E-state index contributed by atoms with van der Waals surface area (Å²) in [5.74, 6) is 0.244. The molecule has 3 atom stereocenters. The monoisotopic (exact) mass is 303 g/mol. The summed E-state index contributed by atoms with van der Waals surface area (Å²) >= 11 is 3.71. The topological polar surface area (TPSA) is 29.5 Å². The predicted octanol–water partition coefficient (Wildman–Crippen LogP) is 2.72. The lowest BCUT2D eigenvalue weighted by Gasteiger charge is -2.35. The van der Waals surface area contributed by atoms with Crippen LogP contribution >= 0.6 is 15.9 Å². The average molecular weight is 304 g/mol. The highest BCUT2D eigenvalue weighted by Gasteiger charge is 2.30. The van der Waals surface area contributed by atoms with Gasteiger partial charge in [0, 0.05) is 24.5 Å². The van der Waals surface area contributed by atoms with Crippen molar-refractivity contribution < 1.29 is 9.53 Å². The molecule has 2 rings (SSSR count). The summed E-state index contributed by atoms with van der Waals surface area (Å²) in [5.41, 5.74) is 0. The number of halogens is 1. The summed E-state index contributed by atoms with van der Waals surface area (Å²) in [6.45, 7) is 0.826. The van der Waals surface area contributed by atoms with Crippen molar-refractivity contribution in [2.75, 3.05) is 13.7 Å². The maximum Gasteiger partial charge on any atom is 0.225 e. The number of amides is 1. The summed E-state index contributed by atoms with van der Waals surface area (Å²) in [7, 11) is 1.95. The second kappa shape index (κ2) is 6.19. The van der Waals surface area contributed by atoms with Gasteiger partial charge in [-0.3, -0.25) is 4.79 Å². The van der Waals surface area contributed by atoms with E-state index < -0.39 is 0 Å². The van der Waals surface area contributed by atoms with Gasteiger partial charge in [0.25, 0.3) is 0 Å². The fourth-order valence-electron chi connectivity index (χ4n) is 2.83. The zero-order valence-electron chi connectivity index (χ0n) is 10.5. The fraction of sp³-hybridized carbons (Fsp3) is 0.923. The molecular formula is C13H22BrNO2. The molecule has 0 aromatic carbocycles. The molecule has 1 saturated carbocycles. The lowest BCUT2D eigenvalue weighted by molar-refractivity contribution is -0.134. The molecule has 0 aromatic heterocycles. The minimum absolute atomic E-state index is 0.169. The molecule has 2 fully saturated rings. The summed E-state index contributed by atoms with van der Waals surface area (Å²) in [4.78, 5) is 14.6. The van der Waals surface area contributed by atoms with Crippen molar-refractivity contribution >= 4 is 21.8 Å². The third-order valence-electron chi connectivity index (χ3n) is 3.96. The van der Waals surface area contributed by atoms with E-state index in [9.17, 15) is 4.79 Å². The van der Waals surface area contributed by atoms with Gasteiger partial charge in [-0.1, -0.05) is 28.8 Å². The van der Waals surface area contributed by atoms with Crippen molar-refractivity contribution in [1.29, 1.82) is 0 Å². The van der Waals surface area contributed by atoms with Crippen LogP contribution in [-0.2, 0) is 9.53 Å². The minimum Gasteiger partial charge on any atom is -0.378 e. The van der Waals surface area contributed by atoms with Crippen LogP contribution in [0.2, 0.25) is 0 Å². The number of hydrogen-bond donors (Lipinski definition) is 0. The van der Waals surface area contributed by atoms with Gasteiger partial charge in [-0.25, -0.2) is 0 Å². The Morgan fingerprint density at radius 2 is 2.06 bits per heavy atom. The number of hydrogen-bond acceptors (Lipinski definition) is 2. The SMILES string of the molecule is CN(C(=O)CC1CCCO1)C1CCCCC1Br. The zero-order valence-corrected chi connectivity index (χ0v) is 12.1. The van der Waals surface area contributed by atoms with Crippen LogP contribution < -0.4 is 0 Å². The number of carbonyl (C=O) groups is 1. The standard InChI is InChI=1S/C13H22BrNO2/c1-15(12-7-3-2-6-11(12)14)13(16)9-10-5-4-8-17-10/h10-12H,2-9H2,1H3. The molecule has 3 unspecified atom stereocenters. The van der Waals surface area contributed by atoms with E-state index in [-0.39, 0.29) is 12.0 Å². The highest BCUT2D eigenvalue weighted by Crippen LogP contribution is 2.28. The third-order valence-corrected chi connectivity index (χ3v) is 5.03. The smallest absolute Gasteiger partial charge is 0.225 e. The molecule has 4 heteroatoms. The second-order valence-electron chi connectivity index (χ2n) is 5.21. The molecule has 1 aliphatic heterocycles. The molecule has 0 N–H and O–H groups in total. The lowest BCUT2D eigenvalue weighted by Crippen LogP contribution is -2.44. The van der Waals surface area contributed by atoms with Crippen molar-refractivity contribution in [2.24, 2.45) is 0 Å². The first-order valence-corrected chi connectivity index (χ1v) is 7.61. The largest absolute Gasteiger partial charge is 0.378 e. The molecule has 0 spiro atoms. The minimum atomic E-state index is 0.169. The average Bonchev–Trinajstić information content (AvgIpc) is 2.81. The summed E-state index contributed by atoms with van der Waals surface area (Å²) in [6, 6.07) is 0.373. The molecule has 0 radical (unpaired) electrons. The maximum absolute atomic E-state index is 12.2. The Labute approximate surface area is 112 Å². The van der Waals surface area contributed by atoms with E-state index >= 15 is 0 Å². The van der Waals surface area contributed by atoms with Crippen LogP contribution in [0.4, 0.5) is 0 Å². The first-order chi connectivity index (χ1) is 8.18. The lowest BCUT2D eigenvalue weighted by atomic mass is 9.94. The number of carbonyl (C=O) groups excluding carboxylic acids is 1. The van der Waals surface area contributed by atoms with Gasteiger partial charge < -0.3 is 9.64 Å². The second-order valence-corrected chi connectivity index (χ2v) is 6.39. The van der Waals surface area contributed by atoms with Crippen molar-refractivity contribution in [3.05, 3.63) is 0 Å². The summed E-state index contributed by atoms with van der Waals surface area (Å²) < 4.78 is 5.53. The Balaban J connectivity index is 1.84. The van der Waals surface area contributed by atoms with Crippen LogP contribution in [0.25, 0.3) is 0 Å². The molecule has 1 saturated heterocycles. The first kappa shape index (κ1) is 13.3. The molecule has 98 valence electrons. The van der Waals surface area contributed by atoms with Gasteiger partial charge in [-0.05, 0) is 25.7 Å². The van der Waals surface area contributed by atoms with E-state index in [0.29, 0.717) is 17.3 Å². The Kier molecular flexibility index (Phi) is 4.86. The predicted molar refractivity (Wildman–Crippen MR) is 71.3 cm³/mol. The summed E-state index contributed by atoms with van der Waals surface area (Å²) in [6.07, 6.45) is 7.71. The van der Waals surface area contributed by atoms with Crippen molar-refractivity contribution in [1.82, 2.24) is 4.90 Å². The molecule has 0 aromatic rings. The third kappa shape index (κ3) is 3.44. The molecule has 0 bridgehead atoms. The van der Waals surface area contributed by atoms with E-state index in [0.717, 1.165) is 25.9 Å². The van der Waals surface area contributed by atoms with Crippen molar-refractivity contribution in [3.63, 3.8) is 0 Å². The van der Waals surface area contributed by atoms with Crippen molar-refractivity contribution in [3.8, 4) is 0 Å². The van der Waals surface area contributed by atoms with Crippen LogP contribution in [0.15, 0.2) is 0 Å². The number of rotatable bonds is 3. The zero-order chi connectivity index (χ0) is 12.3. The van der Waals surface area contributed by atoms with Gasteiger partial charge in [0.15, 0.2) is 0 Å². The Morgan fingerprint density at radius 1 is 1.29 bits per heavy atom. The molecule has 1 heterocycles. The van der Waals surface area contributed by atoms with E-state index in [1.165, 1.54) is 19.3 Å². The van der Waals surface area contributed by atoms with Crippen molar-refractivity contribution in [2.45, 2.75) is 61.9 Å². The maximum atomic E-state index is 12.2. The van der Waals surface area contributed by atoms with E-state index in [4.69, 9.17) is 4.74 Å². The molecule has 1 aliphatic carbocycles. The highest BCUT2D eigenvalue weighted by molar-refractivity contribution is 9.09. The van der Waals surface area contributed by atoms with Gasteiger partial charge in [-0.15, -0.1) is 0 Å². The van der Waals surface area contributed by atoms with Crippen LogP contribution in [0.1, 0.15) is 44.9 Å². The van der Waals surface area contributed by atoms with Crippen LogP contribution in [0.5, 0.6) is 0 Å². The number of alkyl halides is 1. The number of nitrogens with zero attached hydrogens (tertiary/aromatic N) is 1. The Hall–Kier alpha value is -0.0900. The van der Waals surface area contributed by atoms with Gasteiger partial charge in [0.1, 0.15) is 0 Å². The molecule has 17 heavy (non-hydrogen) atoms. The van der Waals surface area contributed by atoms with Gasteiger partial charge in [-0.2, -0.15) is 0 Å². The molecular weight excluding hydrogens is 282 g/mol. The highest BCUT2D eigenvalue weighted by atomic mass is 79.9. The number of ether oxygens (including phenoxy) is 1. The molecule has 3 nitrogen and oxygen atoms in total. The molecule has 1 amide bonds. The quantitative estimate of drug-likeness (QED) is 0.750. The van der Waals surface area contributed by atoms with Gasteiger partial charge >= 0.3 is 0 Å². The van der Waals surface area contributed by atoms with E-state index in [2.05, 4.69) is 15.9 Å². The Bertz CT molecular complexity index is 266. The van der Waals surface area contributed by atoms with Crippen LogP contribution in [0.3, 0.4) is 0 Å². The normalized spacial score (nSPS) is 33.6. The summed E-state index contributed by atoms with van der Waals surface area (Å²) in [5, 5.41) is 0. The van der Waals surface area contributed by atoms with E-state index in [1.54, 1.807) is 0 Å². The van der Waals surface area contributed by atoms with Gasteiger partial charge in [0.2, 0.25) is 5.91 Å². The van der Waals surface area contributed by atoms with Gasteiger partial charge in [0.05, 0.1) is 12.5 Å². The van der Waals surface area contributed by atoms with Crippen LogP contribution in [0, 0.1) is 0 Å². The Morgan fingerprint density at radius 3 is 2.71 bits per heavy atom.